The Bertz CT molecular complexity index is 1760. The Morgan fingerprint density at radius 3 is 1.24 bits per heavy atom. The van der Waals surface area contributed by atoms with Crippen molar-refractivity contribution >= 4 is 50.6 Å². The number of hydrogen-bond acceptors (Lipinski definition) is 12. The zero-order chi connectivity index (χ0) is 29.3. The van der Waals surface area contributed by atoms with Crippen LogP contribution in [0.5, 0.6) is 0 Å². The number of ketones is 2. The molecule has 0 spiro atoms. The molecule has 42 heavy (non-hydrogen) atoms. The van der Waals surface area contributed by atoms with Gasteiger partial charge in [-0.15, -0.1) is 0 Å². The van der Waals surface area contributed by atoms with Crippen LogP contribution in [0.25, 0.3) is 33.1 Å². The summed E-state index contributed by atoms with van der Waals surface area (Å²) < 4.78 is 5.52. The van der Waals surface area contributed by atoms with Gasteiger partial charge in [0, 0.05) is 0 Å². The molecule has 15 nitrogen and oxygen atoms in total. The van der Waals surface area contributed by atoms with Crippen LogP contribution in [0.3, 0.4) is 0 Å². The Balaban J connectivity index is 1.35. The van der Waals surface area contributed by atoms with Crippen molar-refractivity contribution in [3.8, 4) is 0 Å². The Morgan fingerprint density at radius 2 is 0.929 bits per heavy atom. The number of aromatic nitrogens is 9. The van der Waals surface area contributed by atoms with Gasteiger partial charge >= 0.3 is 5.97 Å². The lowest BCUT2D eigenvalue weighted by atomic mass is 9.86. The third kappa shape index (κ3) is 4.97. The lowest BCUT2D eigenvalue weighted by Gasteiger charge is -2.33. The molecule has 0 aliphatic rings. The van der Waals surface area contributed by atoms with E-state index in [1.807, 2.05) is 0 Å². The van der Waals surface area contributed by atoms with Crippen molar-refractivity contribution in [2.75, 3.05) is 6.61 Å². The predicted octanol–water partition coefficient (Wildman–Crippen LogP) is 0.0945. The molecule has 3 heterocycles. The number of carbonyl (C=O) groups is 3. The lowest BCUT2D eigenvalue weighted by molar-refractivity contribution is -0.189. The molecule has 0 saturated heterocycles. The number of hydrogen-bond donors (Lipinski definition) is 2. The zero-order valence-corrected chi connectivity index (χ0v) is 21.9. The highest BCUT2D eigenvalue weighted by Crippen LogP contribution is 2.24. The van der Waals surface area contributed by atoms with Gasteiger partial charge in [0.2, 0.25) is 11.6 Å². The molecule has 6 rings (SSSR count). The molecule has 0 amide bonds. The fourth-order valence-corrected chi connectivity index (χ4v) is 4.58. The second-order valence-corrected chi connectivity index (χ2v) is 9.41. The van der Waals surface area contributed by atoms with Crippen molar-refractivity contribution in [3.05, 3.63) is 72.8 Å². The summed E-state index contributed by atoms with van der Waals surface area (Å²) in [6.07, 6.45) is -2.14. The van der Waals surface area contributed by atoms with Crippen molar-refractivity contribution in [3.63, 3.8) is 0 Å². The first-order valence-corrected chi connectivity index (χ1v) is 12.8. The molecule has 0 bridgehead atoms. The molecule has 3 aromatic carbocycles. The lowest BCUT2D eigenvalue weighted by Crippen LogP contribution is -2.62. The second-order valence-electron chi connectivity index (χ2n) is 9.41. The van der Waals surface area contributed by atoms with Crippen LogP contribution in [-0.4, -0.2) is 91.0 Å². The molecule has 1 atom stereocenters. The first kappa shape index (κ1) is 26.8. The van der Waals surface area contributed by atoms with Crippen molar-refractivity contribution < 1.29 is 29.3 Å². The summed E-state index contributed by atoms with van der Waals surface area (Å²) >= 11 is 0. The maximum absolute atomic E-state index is 13.9. The van der Waals surface area contributed by atoms with Crippen LogP contribution in [0.15, 0.2) is 72.8 Å². The van der Waals surface area contributed by atoms with E-state index in [0.717, 1.165) is 14.4 Å². The number of rotatable bonds is 11. The number of carbonyl (C=O) groups excluding carboxylic acids is 3. The molecular weight excluding hydrogens is 546 g/mol. The van der Waals surface area contributed by atoms with Gasteiger partial charge in [0.15, 0.2) is 6.54 Å². The summed E-state index contributed by atoms with van der Waals surface area (Å²) in [5.41, 5.74) is 0.0631. The van der Waals surface area contributed by atoms with Gasteiger partial charge in [0.25, 0.3) is 5.60 Å². The van der Waals surface area contributed by atoms with E-state index in [4.69, 9.17) is 4.74 Å². The smallest absolute Gasteiger partial charge is 0.331 e. The third-order valence-corrected chi connectivity index (χ3v) is 6.57. The van der Waals surface area contributed by atoms with Crippen LogP contribution in [0.4, 0.5) is 0 Å². The summed E-state index contributed by atoms with van der Waals surface area (Å²) in [5.74, 6) is -3.25. The molecule has 1 unspecified atom stereocenters. The first-order valence-electron chi connectivity index (χ1n) is 12.8. The van der Waals surface area contributed by atoms with Crippen molar-refractivity contribution in [2.45, 2.75) is 31.3 Å². The van der Waals surface area contributed by atoms with Gasteiger partial charge in [-0.1, -0.05) is 36.4 Å². The van der Waals surface area contributed by atoms with Crippen LogP contribution < -0.4 is 0 Å². The molecule has 3 aromatic heterocycles. The van der Waals surface area contributed by atoms with E-state index in [9.17, 15) is 24.6 Å². The molecule has 0 aliphatic heterocycles. The second kappa shape index (κ2) is 10.9. The number of benzene rings is 3. The van der Waals surface area contributed by atoms with E-state index in [2.05, 4.69) is 30.6 Å². The highest BCUT2D eigenvalue weighted by atomic mass is 16.6. The monoisotopic (exact) mass is 569 g/mol. The minimum Gasteiger partial charge on any atom is -0.438 e. The van der Waals surface area contributed by atoms with Crippen molar-refractivity contribution in [2.24, 2.45) is 0 Å². The molecule has 6 aromatic rings. The first-order chi connectivity index (χ1) is 20.4. The van der Waals surface area contributed by atoms with Gasteiger partial charge in [-0.05, 0) is 36.4 Å². The summed E-state index contributed by atoms with van der Waals surface area (Å²) in [4.78, 5) is 44.1. The molecule has 0 saturated carbocycles. The summed E-state index contributed by atoms with van der Waals surface area (Å²) in [6, 6.07) is 20.6. The van der Waals surface area contributed by atoms with E-state index in [1.165, 1.54) is 0 Å². The predicted molar refractivity (Wildman–Crippen MR) is 145 cm³/mol. The molecule has 0 radical (unpaired) electrons. The van der Waals surface area contributed by atoms with Gasteiger partial charge in [0.1, 0.15) is 52.3 Å². The van der Waals surface area contributed by atoms with E-state index < -0.39 is 55.5 Å². The summed E-state index contributed by atoms with van der Waals surface area (Å²) in [6.45, 7) is -3.01. The fourth-order valence-electron chi connectivity index (χ4n) is 4.58. The molecule has 15 heteroatoms. The number of fused-ring (bicyclic) bond motifs is 3. The Hall–Kier alpha value is -5.41. The van der Waals surface area contributed by atoms with E-state index in [-0.39, 0.29) is 0 Å². The van der Waals surface area contributed by atoms with Gasteiger partial charge < -0.3 is 14.9 Å². The number of aliphatic hydroxyl groups excluding tert-OH is 2. The minimum atomic E-state index is -2.86. The topological polar surface area (TPSA) is 193 Å². The van der Waals surface area contributed by atoms with Gasteiger partial charge in [-0.25, -0.2) is 4.79 Å². The summed E-state index contributed by atoms with van der Waals surface area (Å²) in [5, 5.41) is 46.3. The average molecular weight is 570 g/mol. The highest BCUT2D eigenvalue weighted by Gasteiger charge is 2.55. The number of Topliss-reactive ketones (excluding diaryl/α,β-unsaturated/α-hetero) is 2. The minimum absolute atomic E-state index is 0.478. The average Bonchev–Trinajstić information content (AvgIpc) is 3.70. The molecule has 0 fully saturated rings. The van der Waals surface area contributed by atoms with Crippen LogP contribution >= 0.6 is 0 Å². The molecule has 2 N–H and O–H groups in total. The van der Waals surface area contributed by atoms with Crippen molar-refractivity contribution in [1.82, 2.24) is 45.0 Å². The van der Waals surface area contributed by atoms with Gasteiger partial charge in [-0.3, -0.25) is 9.59 Å². The van der Waals surface area contributed by atoms with Gasteiger partial charge in [-0.2, -0.15) is 45.0 Å². The Labute approximate surface area is 235 Å². The zero-order valence-electron chi connectivity index (χ0n) is 21.9. The standard InChI is InChI=1S/C27H23N9O6/c37-16-25(40)27(23(38)13-34-28-17-7-1-2-8-18(17)29-34,24(39)14-35-30-19-9-3-4-10-20(19)31-35)42-26(41)15-36-32-21-11-5-6-12-22(21)33-36/h1-12,25,37,40H,13-16H2. The summed E-state index contributed by atoms with van der Waals surface area (Å²) in [7, 11) is 0. The van der Waals surface area contributed by atoms with Crippen LogP contribution in [0.2, 0.25) is 0 Å². The van der Waals surface area contributed by atoms with E-state index in [0.29, 0.717) is 33.1 Å². The molecule has 212 valence electrons. The number of esters is 1. The number of aliphatic hydroxyl groups is 2. The number of nitrogens with zero attached hydrogens (tertiary/aromatic N) is 9. The quantitative estimate of drug-likeness (QED) is 0.158. The normalized spacial score (nSPS) is 12.6. The fraction of sp³-hybridized carbons (Fsp3) is 0.222. The van der Waals surface area contributed by atoms with Crippen molar-refractivity contribution in [1.29, 1.82) is 0 Å². The molecular formula is C27H23N9O6. The highest BCUT2D eigenvalue weighted by molar-refractivity contribution is 6.12. The number of ether oxygens (including phenoxy) is 1. The maximum atomic E-state index is 13.9. The maximum Gasteiger partial charge on any atom is 0.331 e. The Morgan fingerprint density at radius 1 is 0.619 bits per heavy atom. The molecule has 0 aliphatic carbocycles. The van der Waals surface area contributed by atoms with E-state index in [1.54, 1.807) is 72.8 Å². The van der Waals surface area contributed by atoms with Crippen LogP contribution in [0, 0.1) is 0 Å². The third-order valence-electron chi connectivity index (χ3n) is 6.57. The van der Waals surface area contributed by atoms with E-state index >= 15 is 0 Å². The largest absolute Gasteiger partial charge is 0.438 e. The Kier molecular flexibility index (Phi) is 6.93. The van der Waals surface area contributed by atoms with Crippen LogP contribution in [0.1, 0.15) is 0 Å². The van der Waals surface area contributed by atoms with Gasteiger partial charge in [0.05, 0.1) is 6.61 Å². The SMILES string of the molecule is O=C(Cn1nc2ccccc2n1)OC(C(=O)Cn1nc2ccccc2n1)(C(=O)Cn1nc2ccccc2n1)C(O)CO. The van der Waals surface area contributed by atoms with Crippen LogP contribution in [-0.2, 0) is 38.8 Å².